The van der Waals surface area contributed by atoms with Gasteiger partial charge in [0.05, 0.1) is 34.0 Å². The molecule has 0 unspecified atom stereocenters. The minimum absolute atomic E-state index is 0.0438. The van der Waals surface area contributed by atoms with Gasteiger partial charge in [-0.1, -0.05) is 0 Å². The van der Waals surface area contributed by atoms with E-state index in [1.807, 2.05) is 0 Å². The van der Waals surface area contributed by atoms with Crippen molar-refractivity contribution >= 4 is 17.9 Å². The van der Waals surface area contributed by atoms with Gasteiger partial charge in [0.15, 0.2) is 0 Å². The van der Waals surface area contributed by atoms with Crippen LogP contribution in [0.25, 0.3) is 0 Å². The number of methoxy groups -OCH3 is 2. The lowest BCUT2D eigenvalue weighted by Gasteiger charge is -2.28. The minimum Gasteiger partial charge on any atom is -0.497 e. The van der Waals surface area contributed by atoms with Crippen molar-refractivity contribution in [3.63, 3.8) is 0 Å². The smallest absolute Gasteiger partial charge is 0.340 e. The maximum absolute atomic E-state index is 12.8. The standard InChI is InChI=1S/C18H24O8/c1-6-24-15(19)18(16(20)25-7-2,17(21)26-8-3)13-10-9-12(22-4)11-14(13)23-5/h9-11H,6-8H2,1-5H3. The number of esters is 3. The van der Waals surface area contributed by atoms with Gasteiger partial charge in [0.2, 0.25) is 0 Å². The summed E-state index contributed by atoms with van der Waals surface area (Å²) in [6.45, 7) is 4.55. The first-order valence-electron chi connectivity index (χ1n) is 8.17. The Bertz CT molecular complexity index is 607. The molecule has 0 saturated heterocycles. The van der Waals surface area contributed by atoms with Crippen molar-refractivity contribution in [3.05, 3.63) is 23.8 Å². The lowest BCUT2D eigenvalue weighted by molar-refractivity contribution is -0.175. The van der Waals surface area contributed by atoms with E-state index in [0.717, 1.165) is 0 Å². The Hall–Kier alpha value is -2.77. The predicted molar refractivity (Wildman–Crippen MR) is 91.1 cm³/mol. The zero-order valence-electron chi connectivity index (χ0n) is 15.6. The van der Waals surface area contributed by atoms with Crippen LogP contribution in [-0.4, -0.2) is 51.9 Å². The van der Waals surface area contributed by atoms with Crippen molar-refractivity contribution in [2.45, 2.75) is 26.2 Å². The quantitative estimate of drug-likeness (QED) is 0.369. The van der Waals surface area contributed by atoms with Crippen molar-refractivity contribution < 1.29 is 38.1 Å². The number of ether oxygens (including phenoxy) is 5. The van der Waals surface area contributed by atoms with Gasteiger partial charge < -0.3 is 23.7 Å². The van der Waals surface area contributed by atoms with Crippen LogP contribution in [0.1, 0.15) is 26.3 Å². The largest absolute Gasteiger partial charge is 0.497 e. The van der Waals surface area contributed by atoms with Gasteiger partial charge in [-0.25, -0.2) is 14.4 Å². The van der Waals surface area contributed by atoms with Crippen molar-refractivity contribution in [3.8, 4) is 11.5 Å². The summed E-state index contributed by atoms with van der Waals surface area (Å²) in [5.74, 6) is -2.80. The second kappa shape index (κ2) is 9.65. The molecule has 0 aliphatic rings. The molecule has 144 valence electrons. The first kappa shape index (κ1) is 21.3. The molecule has 8 heteroatoms. The van der Waals surface area contributed by atoms with Gasteiger partial charge >= 0.3 is 17.9 Å². The van der Waals surface area contributed by atoms with Crippen LogP contribution < -0.4 is 9.47 Å². The van der Waals surface area contributed by atoms with E-state index in [1.54, 1.807) is 20.8 Å². The highest BCUT2D eigenvalue weighted by Gasteiger charge is 2.60. The summed E-state index contributed by atoms with van der Waals surface area (Å²) in [7, 11) is 2.79. The summed E-state index contributed by atoms with van der Waals surface area (Å²) >= 11 is 0. The number of carbonyl (C=O) groups is 3. The number of benzene rings is 1. The summed E-state index contributed by atoms with van der Waals surface area (Å²) in [6.07, 6.45) is 0. The summed E-state index contributed by atoms with van der Waals surface area (Å²) in [5, 5.41) is 0. The normalized spacial score (nSPS) is 10.7. The lowest BCUT2D eigenvalue weighted by atomic mass is 9.79. The molecule has 0 spiro atoms. The van der Waals surface area contributed by atoms with Gasteiger partial charge in [0.1, 0.15) is 11.5 Å². The average Bonchev–Trinajstić information content (AvgIpc) is 2.63. The molecule has 0 N–H and O–H groups in total. The van der Waals surface area contributed by atoms with E-state index in [9.17, 15) is 14.4 Å². The molecule has 0 radical (unpaired) electrons. The molecule has 8 nitrogen and oxygen atoms in total. The molecule has 0 atom stereocenters. The molecule has 0 saturated carbocycles. The fourth-order valence-electron chi connectivity index (χ4n) is 2.41. The van der Waals surface area contributed by atoms with Crippen LogP contribution >= 0.6 is 0 Å². The molecule has 0 aromatic heterocycles. The zero-order valence-corrected chi connectivity index (χ0v) is 15.6. The summed E-state index contributed by atoms with van der Waals surface area (Å²) in [4.78, 5) is 38.4. The topological polar surface area (TPSA) is 97.4 Å². The second-order valence-corrected chi connectivity index (χ2v) is 4.98. The van der Waals surface area contributed by atoms with Gasteiger partial charge in [0.25, 0.3) is 5.41 Å². The molecular weight excluding hydrogens is 344 g/mol. The molecule has 26 heavy (non-hydrogen) atoms. The number of carbonyl (C=O) groups excluding carboxylic acids is 3. The molecule has 1 aromatic carbocycles. The molecule has 0 aliphatic carbocycles. The summed E-state index contributed by atoms with van der Waals surface area (Å²) in [6, 6.07) is 4.31. The maximum atomic E-state index is 12.8. The average molecular weight is 368 g/mol. The molecule has 1 aromatic rings. The highest BCUT2D eigenvalue weighted by Crippen LogP contribution is 2.38. The highest BCUT2D eigenvalue weighted by molar-refractivity contribution is 6.24. The van der Waals surface area contributed by atoms with Crippen LogP contribution in [0.3, 0.4) is 0 Å². The molecule has 1 rings (SSSR count). The Morgan fingerprint density at radius 2 is 1.27 bits per heavy atom. The lowest BCUT2D eigenvalue weighted by Crippen LogP contribution is -2.53. The molecule has 0 bridgehead atoms. The van der Waals surface area contributed by atoms with Crippen LogP contribution in [0, 0.1) is 0 Å². The third-order valence-corrected chi connectivity index (χ3v) is 3.56. The Balaban J connectivity index is 3.78. The third kappa shape index (κ3) is 3.89. The van der Waals surface area contributed by atoms with Gasteiger partial charge in [-0.05, 0) is 32.9 Å². The predicted octanol–water partition coefficient (Wildman–Crippen LogP) is 1.63. The van der Waals surface area contributed by atoms with E-state index in [1.165, 1.54) is 32.4 Å². The van der Waals surface area contributed by atoms with Gasteiger partial charge in [-0.2, -0.15) is 0 Å². The molecule has 0 aliphatic heterocycles. The third-order valence-electron chi connectivity index (χ3n) is 3.56. The Morgan fingerprint density at radius 1 is 0.808 bits per heavy atom. The van der Waals surface area contributed by atoms with Gasteiger partial charge in [-0.15, -0.1) is 0 Å². The van der Waals surface area contributed by atoms with E-state index in [0.29, 0.717) is 5.75 Å². The van der Waals surface area contributed by atoms with Crippen LogP contribution in [0.2, 0.25) is 0 Å². The first-order valence-corrected chi connectivity index (χ1v) is 8.17. The first-order chi connectivity index (χ1) is 12.4. The van der Waals surface area contributed by atoms with Gasteiger partial charge in [0, 0.05) is 11.6 Å². The minimum atomic E-state index is -2.46. The maximum Gasteiger partial charge on any atom is 0.340 e. The van der Waals surface area contributed by atoms with Crippen LogP contribution in [0.4, 0.5) is 0 Å². The molecule has 0 amide bonds. The Morgan fingerprint density at radius 3 is 1.62 bits per heavy atom. The van der Waals surface area contributed by atoms with E-state index < -0.39 is 23.3 Å². The van der Waals surface area contributed by atoms with Gasteiger partial charge in [-0.3, -0.25) is 0 Å². The number of rotatable bonds is 9. The van der Waals surface area contributed by atoms with Crippen LogP contribution in [0.5, 0.6) is 11.5 Å². The molecular formula is C18H24O8. The zero-order chi connectivity index (χ0) is 19.7. The van der Waals surface area contributed by atoms with Crippen LogP contribution in [0.15, 0.2) is 18.2 Å². The number of hydrogen-bond acceptors (Lipinski definition) is 8. The van der Waals surface area contributed by atoms with Crippen molar-refractivity contribution in [2.24, 2.45) is 0 Å². The molecule has 0 fully saturated rings. The molecule has 0 heterocycles. The van der Waals surface area contributed by atoms with Crippen LogP contribution in [-0.2, 0) is 34.0 Å². The van der Waals surface area contributed by atoms with E-state index in [-0.39, 0.29) is 31.1 Å². The summed E-state index contributed by atoms with van der Waals surface area (Å²) in [5.41, 5.74) is -2.50. The monoisotopic (exact) mass is 368 g/mol. The van der Waals surface area contributed by atoms with Crippen molar-refractivity contribution in [1.82, 2.24) is 0 Å². The SMILES string of the molecule is CCOC(=O)C(C(=O)OCC)(C(=O)OCC)c1ccc(OC)cc1OC. The summed E-state index contributed by atoms with van der Waals surface area (Å²) < 4.78 is 25.5. The van der Waals surface area contributed by atoms with Crippen molar-refractivity contribution in [1.29, 1.82) is 0 Å². The fourth-order valence-corrected chi connectivity index (χ4v) is 2.41. The van der Waals surface area contributed by atoms with Crippen molar-refractivity contribution in [2.75, 3.05) is 34.0 Å². The van der Waals surface area contributed by atoms with E-state index in [4.69, 9.17) is 23.7 Å². The second-order valence-electron chi connectivity index (χ2n) is 4.98. The highest BCUT2D eigenvalue weighted by atomic mass is 16.6. The Labute approximate surface area is 152 Å². The number of hydrogen-bond donors (Lipinski definition) is 0. The fraction of sp³-hybridized carbons (Fsp3) is 0.500. The Kier molecular flexibility index (Phi) is 7.89. The van der Waals surface area contributed by atoms with E-state index in [2.05, 4.69) is 0 Å². The van der Waals surface area contributed by atoms with E-state index >= 15 is 0 Å².